The standard InChI is InChI=1S/C16H16N2O3S/c1-3-6-22-16-12(9-17)11(8-15(20)18-16)10-4-5-13(19)14(7-10)21-2/h3-5,7,11,19H,1,6,8H2,2H3,(H,18,20)/t11-/m1/s1. The average molecular weight is 316 g/mol. The normalized spacial score (nSPS) is 17.6. The molecule has 1 aliphatic heterocycles. The number of rotatable bonds is 5. The van der Waals surface area contributed by atoms with Gasteiger partial charge in [-0.25, -0.2) is 0 Å². The van der Waals surface area contributed by atoms with Gasteiger partial charge in [-0.2, -0.15) is 5.26 Å². The van der Waals surface area contributed by atoms with Gasteiger partial charge in [-0.05, 0) is 17.7 Å². The van der Waals surface area contributed by atoms with Crippen molar-refractivity contribution in [3.8, 4) is 17.6 Å². The second-order valence-electron chi connectivity index (χ2n) is 4.69. The minimum atomic E-state index is -0.347. The third-order valence-corrected chi connectivity index (χ3v) is 4.32. The van der Waals surface area contributed by atoms with Crippen molar-refractivity contribution in [1.82, 2.24) is 5.32 Å². The molecule has 0 radical (unpaired) electrons. The summed E-state index contributed by atoms with van der Waals surface area (Å²) in [5, 5.41) is 22.5. The summed E-state index contributed by atoms with van der Waals surface area (Å²) in [4.78, 5) is 11.9. The fraction of sp³-hybridized carbons (Fsp3) is 0.250. The molecular weight excluding hydrogens is 300 g/mol. The third kappa shape index (κ3) is 3.26. The number of nitrogens with zero attached hydrogens (tertiary/aromatic N) is 1. The van der Waals surface area contributed by atoms with Gasteiger partial charge in [0.2, 0.25) is 5.91 Å². The largest absolute Gasteiger partial charge is 0.504 e. The van der Waals surface area contributed by atoms with E-state index in [0.29, 0.717) is 22.1 Å². The van der Waals surface area contributed by atoms with E-state index in [4.69, 9.17) is 4.74 Å². The summed E-state index contributed by atoms with van der Waals surface area (Å²) < 4.78 is 5.10. The van der Waals surface area contributed by atoms with Crippen LogP contribution in [0.3, 0.4) is 0 Å². The molecular formula is C16H16N2O3S. The Morgan fingerprint density at radius 1 is 1.64 bits per heavy atom. The first-order chi connectivity index (χ1) is 10.6. The van der Waals surface area contributed by atoms with E-state index >= 15 is 0 Å². The van der Waals surface area contributed by atoms with Crippen molar-refractivity contribution in [1.29, 1.82) is 5.26 Å². The highest BCUT2D eigenvalue weighted by Gasteiger charge is 2.29. The van der Waals surface area contributed by atoms with Gasteiger partial charge < -0.3 is 15.2 Å². The van der Waals surface area contributed by atoms with Crippen LogP contribution in [-0.4, -0.2) is 23.9 Å². The number of thioether (sulfide) groups is 1. The van der Waals surface area contributed by atoms with Crippen LogP contribution in [0.15, 0.2) is 41.5 Å². The smallest absolute Gasteiger partial charge is 0.225 e. The van der Waals surface area contributed by atoms with Gasteiger partial charge in [0.1, 0.15) is 0 Å². The Hall–Kier alpha value is -2.39. The lowest BCUT2D eigenvalue weighted by atomic mass is 9.87. The van der Waals surface area contributed by atoms with E-state index < -0.39 is 0 Å². The Bertz CT molecular complexity index is 676. The molecule has 1 amide bonds. The molecule has 0 unspecified atom stereocenters. The number of amides is 1. The zero-order chi connectivity index (χ0) is 16.1. The fourth-order valence-electron chi connectivity index (χ4n) is 2.27. The molecule has 1 heterocycles. The van der Waals surface area contributed by atoms with Gasteiger partial charge in [0.25, 0.3) is 0 Å². The van der Waals surface area contributed by atoms with Crippen molar-refractivity contribution >= 4 is 17.7 Å². The van der Waals surface area contributed by atoms with Gasteiger partial charge in [0, 0.05) is 18.1 Å². The summed E-state index contributed by atoms with van der Waals surface area (Å²) in [6.45, 7) is 3.64. The molecule has 2 rings (SSSR count). The van der Waals surface area contributed by atoms with Crippen LogP contribution in [0.5, 0.6) is 11.5 Å². The number of phenols is 1. The van der Waals surface area contributed by atoms with E-state index in [-0.39, 0.29) is 24.0 Å². The quantitative estimate of drug-likeness (QED) is 0.816. The van der Waals surface area contributed by atoms with Crippen molar-refractivity contribution in [3.63, 3.8) is 0 Å². The van der Waals surface area contributed by atoms with Gasteiger partial charge in [-0.1, -0.05) is 12.1 Å². The summed E-state index contributed by atoms with van der Waals surface area (Å²) in [5.74, 6) is 0.464. The summed E-state index contributed by atoms with van der Waals surface area (Å²) in [6.07, 6.45) is 1.90. The summed E-state index contributed by atoms with van der Waals surface area (Å²) in [7, 11) is 1.46. The molecule has 6 heteroatoms. The number of hydrogen-bond acceptors (Lipinski definition) is 5. The summed E-state index contributed by atoms with van der Waals surface area (Å²) in [6, 6.07) is 7.06. The molecule has 114 valence electrons. The van der Waals surface area contributed by atoms with Crippen LogP contribution in [0, 0.1) is 11.3 Å². The number of aromatic hydroxyl groups is 1. The highest BCUT2D eigenvalue weighted by Crippen LogP contribution is 2.38. The maximum Gasteiger partial charge on any atom is 0.225 e. The number of ether oxygens (including phenoxy) is 1. The Labute approximate surface area is 133 Å². The summed E-state index contributed by atoms with van der Waals surface area (Å²) >= 11 is 1.37. The van der Waals surface area contributed by atoms with Crippen LogP contribution in [0.1, 0.15) is 17.9 Å². The number of nitrogens with one attached hydrogen (secondary N) is 1. The van der Waals surface area contributed by atoms with Crippen molar-refractivity contribution in [3.05, 3.63) is 47.0 Å². The monoisotopic (exact) mass is 316 g/mol. The molecule has 2 N–H and O–H groups in total. The predicted molar refractivity (Wildman–Crippen MR) is 85.5 cm³/mol. The Balaban J connectivity index is 2.45. The minimum Gasteiger partial charge on any atom is -0.504 e. The lowest BCUT2D eigenvalue weighted by Gasteiger charge is -2.25. The Morgan fingerprint density at radius 2 is 2.41 bits per heavy atom. The SMILES string of the molecule is C=CCSC1=C(C#N)[C@@H](c2ccc(O)c(OC)c2)CC(=O)N1. The molecule has 1 aromatic carbocycles. The number of carbonyl (C=O) groups excluding carboxylic acids is 1. The lowest BCUT2D eigenvalue weighted by Crippen LogP contribution is -2.30. The van der Waals surface area contributed by atoms with Crippen molar-refractivity contribution < 1.29 is 14.6 Å². The number of phenolic OH excluding ortho intramolecular Hbond substituents is 1. The maximum absolute atomic E-state index is 11.9. The first kappa shape index (κ1) is 16.0. The van der Waals surface area contributed by atoms with Crippen molar-refractivity contribution in [2.75, 3.05) is 12.9 Å². The molecule has 1 atom stereocenters. The van der Waals surface area contributed by atoms with Crippen LogP contribution in [-0.2, 0) is 4.79 Å². The van der Waals surface area contributed by atoms with Gasteiger partial charge in [0.05, 0.1) is 23.8 Å². The molecule has 0 saturated heterocycles. The van der Waals surface area contributed by atoms with E-state index in [1.54, 1.807) is 18.2 Å². The van der Waals surface area contributed by atoms with Crippen LogP contribution in [0.2, 0.25) is 0 Å². The Kier molecular flexibility index (Phi) is 5.12. The molecule has 0 saturated carbocycles. The van der Waals surface area contributed by atoms with Gasteiger partial charge in [-0.3, -0.25) is 4.79 Å². The van der Waals surface area contributed by atoms with Crippen LogP contribution >= 0.6 is 11.8 Å². The molecule has 0 spiro atoms. The van der Waals surface area contributed by atoms with E-state index in [9.17, 15) is 15.2 Å². The van der Waals surface area contributed by atoms with Crippen LogP contribution in [0.4, 0.5) is 0 Å². The number of allylic oxidation sites excluding steroid dienone is 1. The number of methoxy groups -OCH3 is 1. The summed E-state index contributed by atoms with van der Waals surface area (Å²) in [5.41, 5.74) is 1.27. The van der Waals surface area contributed by atoms with Crippen LogP contribution in [0.25, 0.3) is 0 Å². The average Bonchev–Trinajstić information content (AvgIpc) is 2.52. The minimum absolute atomic E-state index is 0.0234. The highest BCUT2D eigenvalue weighted by molar-refractivity contribution is 8.03. The first-order valence-corrected chi connectivity index (χ1v) is 7.64. The number of benzene rings is 1. The molecule has 0 bridgehead atoms. The Morgan fingerprint density at radius 3 is 3.05 bits per heavy atom. The number of hydrogen-bond donors (Lipinski definition) is 2. The van der Waals surface area contributed by atoms with Gasteiger partial charge in [0.15, 0.2) is 11.5 Å². The van der Waals surface area contributed by atoms with Gasteiger partial charge in [-0.15, -0.1) is 18.3 Å². The van der Waals surface area contributed by atoms with E-state index in [1.165, 1.54) is 24.9 Å². The zero-order valence-electron chi connectivity index (χ0n) is 12.1. The number of nitriles is 1. The lowest BCUT2D eigenvalue weighted by molar-refractivity contribution is -0.120. The second kappa shape index (κ2) is 7.05. The molecule has 1 aromatic rings. The third-order valence-electron chi connectivity index (χ3n) is 3.31. The van der Waals surface area contributed by atoms with Crippen molar-refractivity contribution in [2.24, 2.45) is 0 Å². The molecule has 1 aliphatic rings. The van der Waals surface area contributed by atoms with E-state index in [0.717, 1.165) is 5.56 Å². The highest BCUT2D eigenvalue weighted by atomic mass is 32.2. The molecule has 0 aliphatic carbocycles. The van der Waals surface area contributed by atoms with Crippen LogP contribution < -0.4 is 10.1 Å². The zero-order valence-corrected chi connectivity index (χ0v) is 12.9. The topological polar surface area (TPSA) is 82.3 Å². The predicted octanol–water partition coefficient (Wildman–Crippen LogP) is 2.66. The molecule has 0 fully saturated rings. The van der Waals surface area contributed by atoms with Crippen molar-refractivity contribution in [2.45, 2.75) is 12.3 Å². The second-order valence-corrected chi connectivity index (χ2v) is 5.72. The molecule has 0 aromatic heterocycles. The number of carbonyl (C=O) groups is 1. The molecule has 5 nitrogen and oxygen atoms in total. The fourth-order valence-corrected chi connectivity index (χ4v) is 3.08. The maximum atomic E-state index is 11.9. The van der Waals surface area contributed by atoms with Gasteiger partial charge >= 0.3 is 0 Å². The van der Waals surface area contributed by atoms with E-state index in [1.807, 2.05) is 0 Å². The first-order valence-electron chi connectivity index (χ1n) is 6.65. The van der Waals surface area contributed by atoms with E-state index in [2.05, 4.69) is 18.0 Å². The molecule has 22 heavy (non-hydrogen) atoms.